The number of nitrogens with one attached hydrogen (secondary N) is 2. The van der Waals surface area contributed by atoms with E-state index in [0.717, 1.165) is 62.5 Å². The van der Waals surface area contributed by atoms with Crippen molar-refractivity contribution in [3.8, 4) is 0 Å². The van der Waals surface area contributed by atoms with Gasteiger partial charge in [0.05, 0.1) is 18.8 Å². The standard InChI is InChI=1S/C30H47BrN2O6/c1-5-22-23(6-2)28(30(37)33-18-14-10-12-16-20-39-27(35)8-4)25(31)21-24(22)29(36)32-17-13-9-11-15-19-38-26(34)7-3/h21H,5-20H2,1-4H3,(H,32,36)(H,33,37). The fraction of sp³-hybridized carbons (Fsp3) is 0.667. The van der Waals surface area contributed by atoms with Gasteiger partial charge in [-0.15, -0.1) is 0 Å². The van der Waals surface area contributed by atoms with Crippen LogP contribution in [0.5, 0.6) is 0 Å². The number of carbonyl (C=O) groups is 4. The number of unbranched alkanes of at least 4 members (excludes halogenated alkanes) is 6. The minimum Gasteiger partial charge on any atom is -0.466 e. The second-order valence-electron chi connectivity index (χ2n) is 9.43. The van der Waals surface area contributed by atoms with Crippen LogP contribution in [0.25, 0.3) is 0 Å². The number of amides is 2. The molecule has 1 aromatic rings. The Morgan fingerprint density at radius 1 is 0.667 bits per heavy atom. The lowest BCUT2D eigenvalue weighted by Crippen LogP contribution is -2.29. The number of hydrogen-bond acceptors (Lipinski definition) is 6. The summed E-state index contributed by atoms with van der Waals surface area (Å²) in [7, 11) is 0. The molecule has 2 N–H and O–H groups in total. The molecule has 39 heavy (non-hydrogen) atoms. The second kappa shape index (κ2) is 20.5. The minimum atomic E-state index is -0.172. The zero-order chi connectivity index (χ0) is 29.0. The maximum atomic E-state index is 13.1. The third kappa shape index (κ3) is 13.0. The predicted octanol–water partition coefficient (Wildman–Crippen LogP) is 6.06. The van der Waals surface area contributed by atoms with Crippen molar-refractivity contribution in [1.29, 1.82) is 0 Å². The highest BCUT2D eigenvalue weighted by atomic mass is 79.9. The first-order chi connectivity index (χ1) is 18.8. The largest absolute Gasteiger partial charge is 0.466 e. The number of ether oxygens (including phenoxy) is 2. The Morgan fingerprint density at radius 3 is 1.59 bits per heavy atom. The molecular weight excluding hydrogens is 564 g/mol. The Morgan fingerprint density at radius 2 is 1.13 bits per heavy atom. The summed E-state index contributed by atoms with van der Waals surface area (Å²) in [6.45, 7) is 9.59. The van der Waals surface area contributed by atoms with Gasteiger partial charge in [0.25, 0.3) is 11.8 Å². The van der Waals surface area contributed by atoms with Gasteiger partial charge in [0.1, 0.15) is 0 Å². The lowest BCUT2D eigenvalue weighted by atomic mass is 9.91. The molecule has 9 heteroatoms. The Kier molecular flexibility index (Phi) is 18.2. The summed E-state index contributed by atoms with van der Waals surface area (Å²) in [6.07, 6.45) is 9.20. The maximum Gasteiger partial charge on any atom is 0.305 e. The Balaban J connectivity index is 2.59. The topological polar surface area (TPSA) is 111 Å². The van der Waals surface area contributed by atoms with E-state index in [1.54, 1.807) is 19.9 Å². The smallest absolute Gasteiger partial charge is 0.305 e. The summed E-state index contributed by atoms with van der Waals surface area (Å²) in [6, 6.07) is 1.77. The Bertz CT molecular complexity index is 935. The zero-order valence-corrected chi connectivity index (χ0v) is 25.8. The number of carbonyl (C=O) groups excluding carboxylic acids is 4. The van der Waals surface area contributed by atoms with Crippen molar-refractivity contribution in [2.45, 2.75) is 105 Å². The molecule has 0 atom stereocenters. The van der Waals surface area contributed by atoms with Crippen LogP contribution in [0.1, 0.15) is 124 Å². The van der Waals surface area contributed by atoms with Crippen LogP contribution < -0.4 is 10.6 Å². The molecular formula is C30H47BrN2O6. The van der Waals surface area contributed by atoms with Crippen LogP contribution in [0.2, 0.25) is 0 Å². The van der Waals surface area contributed by atoms with Crippen molar-refractivity contribution in [3.63, 3.8) is 0 Å². The van der Waals surface area contributed by atoms with E-state index in [4.69, 9.17) is 9.47 Å². The van der Waals surface area contributed by atoms with Crippen molar-refractivity contribution >= 4 is 39.7 Å². The van der Waals surface area contributed by atoms with Crippen molar-refractivity contribution in [2.24, 2.45) is 0 Å². The molecule has 0 aromatic heterocycles. The van der Waals surface area contributed by atoms with Gasteiger partial charge in [-0.1, -0.05) is 40.5 Å². The molecule has 0 spiro atoms. The molecule has 0 bridgehead atoms. The van der Waals surface area contributed by atoms with E-state index >= 15 is 0 Å². The number of hydrogen-bond donors (Lipinski definition) is 2. The number of rotatable bonds is 20. The van der Waals surface area contributed by atoms with Crippen LogP contribution in [0.4, 0.5) is 0 Å². The van der Waals surface area contributed by atoms with Crippen LogP contribution in [0.3, 0.4) is 0 Å². The van der Waals surface area contributed by atoms with Gasteiger partial charge in [-0.05, 0) is 84.5 Å². The van der Waals surface area contributed by atoms with Crippen LogP contribution in [0.15, 0.2) is 10.5 Å². The van der Waals surface area contributed by atoms with Gasteiger partial charge in [0.15, 0.2) is 0 Å². The molecule has 0 saturated heterocycles. The molecule has 0 heterocycles. The van der Waals surface area contributed by atoms with Crippen LogP contribution in [-0.2, 0) is 31.9 Å². The highest BCUT2D eigenvalue weighted by Crippen LogP contribution is 2.29. The van der Waals surface area contributed by atoms with E-state index < -0.39 is 0 Å². The summed E-state index contributed by atoms with van der Waals surface area (Å²) in [4.78, 5) is 48.4. The second-order valence-corrected chi connectivity index (χ2v) is 10.3. The molecule has 2 amide bonds. The van der Waals surface area contributed by atoms with Gasteiger partial charge >= 0.3 is 11.9 Å². The van der Waals surface area contributed by atoms with E-state index in [0.29, 0.717) is 67.6 Å². The van der Waals surface area contributed by atoms with Gasteiger partial charge in [0.2, 0.25) is 0 Å². The highest BCUT2D eigenvalue weighted by molar-refractivity contribution is 9.10. The van der Waals surface area contributed by atoms with E-state index in [2.05, 4.69) is 26.6 Å². The summed E-state index contributed by atoms with van der Waals surface area (Å²) < 4.78 is 10.8. The molecule has 0 aliphatic rings. The van der Waals surface area contributed by atoms with E-state index in [9.17, 15) is 19.2 Å². The molecule has 1 aromatic carbocycles. The molecule has 8 nitrogen and oxygen atoms in total. The van der Waals surface area contributed by atoms with Gasteiger partial charge in [-0.2, -0.15) is 0 Å². The van der Waals surface area contributed by atoms with Crippen molar-refractivity contribution in [2.75, 3.05) is 26.3 Å². The van der Waals surface area contributed by atoms with Gasteiger partial charge in [-0.3, -0.25) is 19.2 Å². The SMILES string of the molecule is CCC(=O)OCCCCCCNC(=O)c1cc(Br)c(C(=O)NCCCCCCOC(=O)CC)c(CC)c1CC. The number of halogens is 1. The van der Waals surface area contributed by atoms with Gasteiger partial charge < -0.3 is 20.1 Å². The first kappa shape index (κ1) is 34.6. The summed E-state index contributed by atoms with van der Waals surface area (Å²) in [5, 5.41) is 6.04. The van der Waals surface area contributed by atoms with Crippen molar-refractivity contribution in [3.05, 3.63) is 32.8 Å². The summed E-state index contributed by atoms with van der Waals surface area (Å²) in [5.41, 5.74) is 3.01. The van der Waals surface area contributed by atoms with Crippen LogP contribution in [-0.4, -0.2) is 50.1 Å². The van der Waals surface area contributed by atoms with Gasteiger partial charge in [0, 0.05) is 36.0 Å². The minimum absolute atomic E-state index is 0.129. The highest BCUT2D eigenvalue weighted by Gasteiger charge is 2.22. The molecule has 0 fully saturated rings. The van der Waals surface area contributed by atoms with E-state index in [1.165, 1.54) is 0 Å². The zero-order valence-electron chi connectivity index (χ0n) is 24.2. The molecule has 0 aliphatic heterocycles. The fourth-order valence-electron chi connectivity index (χ4n) is 4.31. The van der Waals surface area contributed by atoms with Crippen molar-refractivity contribution < 1.29 is 28.7 Å². The molecule has 1 rings (SSSR count). The molecule has 220 valence electrons. The average Bonchev–Trinajstić information content (AvgIpc) is 2.94. The number of benzene rings is 1. The molecule has 0 unspecified atom stereocenters. The first-order valence-electron chi connectivity index (χ1n) is 14.5. The lowest BCUT2D eigenvalue weighted by molar-refractivity contribution is -0.144. The third-order valence-electron chi connectivity index (χ3n) is 6.50. The van der Waals surface area contributed by atoms with E-state index in [1.807, 2.05) is 13.8 Å². The summed E-state index contributed by atoms with van der Waals surface area (Å²) in [5.74, 6) is -0.609. The maximum absolute atomic E-state index is 13.1. The fourth-order valence-corrected chi connectivity index (χ4v) is 4.96. The third-order valence-corrected chi connectivity index (χ3v) is 7.12. The van der Waals surface area contributed by atoms with Crippen molar-refractivity contribution in [1.82, 2.24) is 10.6 Å². The number of esters is 2. The average molecular weight is 612 g/mol. The van der Waals surface area contributed by atoms with Crippen LogP contribution in [0, 0.1) is 0 Å². The van der Waals surface area contributed by atoms with Gasteiger partial charge in [-0.25, -0.2) is 0 Å². The predicted molar refractivity (Wildman–Crippen MR) is 157 cm³/mol. The summed E-state index contributed by atoms with van der Waals surface area (Å²) >= 11 is 3.55. The Labute approximate surface area is 242 Å². The normalized spacial score (nSPS) is 10.7. The monoisotopic (exact) mass is 610 g/mol. The first-order valence-corrected chi connectivity index (χ1v) is 15.3. The lowest BCUT2D eigenvalue weighted by Gasteiger charge is -2.19. The van der Waals surface area contributed by atoms with E-state index in [-0.39, 0.29) is 23.8 Å². The molecule has 0 saturated carbocycles. The Hall–Kier alpha value is -2.42. The molecule has 0 radical (unpaired) electrons. The molecule has 0 aliphatic carbocycles. The quantitative estimate of drug-likeness (QED) is 0.137. The van der Waals surface area contributed by atoms with Crippen LogP contribution >= 0.6 is 15.9 Å².